The number of para-hydroxylation sites is 2. The molecule has 5 nitrogen and oxygen atoms in total. The number of benzene rings is 2. The van der Waals surface area contributed by atoms with Crippen LogP contribution in [-0.4, -0.2) is 25.3 Å². The SMILES string of the molecule is O=C(CO/N=C\c1ccccc1)Nc1ccccc1OC(F)F. The van der Waals surface area contributed by atoms with Gasteiger partial charge in [0.25, 0.3) is 5.91 Å². The summed E-state index contributed by atoms with van der Waals surface area (Å²) in [5.74, 6) is -0.663. The summed E-state index contributed by atoms with van der Waals surface area (Å²) in [7, 11) is 0. The first-order valence-corrected chi connectivity index (χ1v) is 6.69. The molecular formula is C16H14F2N2O3. The van der Waals surface area contributed by atoms with Gasteiger partial charge in [0, 0.05) is 0 Å². The average Bonchev–Trinajstić information content (AvgIpc) is 2.54. The number of hydrogen-bond donors (Lipinski definition) is 1. The highest BCUT2D eigenvalue weighted by molar-refractivity contribution is 5.93. The minimum Gasteiger partial charge on any atom is -0.433 e. The molecule has 1 N–H and O–H groups in total. The minimum atomic E-state index is -2.97. The molecule has 0 aliphatic heterocycles. The molecular weight excluding hydrogens is 306 g/mol. The van der Waals surface area contributed by atoms with Crippen LogP contribution in [0, 0.1) is 0 Å². The summed E-state index contributed by atoms with van der Waals surface area (Å²) in [5.41, 5.74) is 0.956. The number of carbonyl (C=O) groups is 1. The van der Waals surface area contributed by atoms with Gasteiger partial charge < -0.3 is 14.9 Å². The lowest BCUT2D eigenvalue weighted by Crippen LogP contribution is -2.18. The van der Waals surface area contributed by atoms with Gasteiger partial charge in [0.1, 0.15) is 5.75 Å². The highest BCUT2D eigenvalue weighted by atomic mass is 19.3. The second-order valence-corrected chi connectivity index (χ2v) is 4.34. The van der Waals surface area contributed by atoms with Gasteiger partial charge in [-0.15, -0.1) is 0 Å². The normalized spacial score (nSPS) is 10.7. The zero-order valence-corrected chi connectivity index (χ0v) is 12.0. The molecule has 0 atom stereocenters. The molecule has 0 aromatic heterocycles. The lowest BCUT2D eigenvalue weighted by Gasteiger charge is -2.11. The molecule has 0 fully saturated rings. The maximum atomic E-state index is 12.3. The number of hydrogen-bond acceptors (Lipinski definition) is 4. The molecule has 0 radical (unpaired) electrons. The van der Waals surface area contributed by atoms with E-state index in [1.54, 1.807) is 6.07 Å². The Hall–Kier alpha value is -2.96. The molecule has 0 aliphatic rings. The summed E-state index contributed by atoms with van der Waals surface area (Å²) in [6.07, 6.45) is 1.46. The topological polar surface area (TPSA) is 59.9 Å². The van der Waals surface area contributed by atoms with Gasteiger partial charge in [-0.3, -0.25) is 4.79 Å². The van der Waals surface area contributed by atoms with Crippen molar-refractivity contribution >= 4 is 17.8 Å². The van der Waals surface area contributed by atoms with Gasteiger partial charge in [0.05, 0.1) is 11.9 Å². The number of rotatable bonds is 7. The van der Waals surface area contributed by atoms with Crippen molar-refractivity contribution in [2.45, 2.75) is 6.61 Å². The number of anilines is 1. The third-order valence-electron chi connectivity index (χ3n) is 2.65. The van der Waals surface area contributed by atoms with E-state index in [1.165, 1.54) is 24.4 Å². The van der Waals surface area contributed by atoms with Gasteiger partial charge in [0.15, 0.2) is 6.61 Å². The van der Waals surface area contributed by atoms with E-state index < -0.39 is 12.5 Å². The Labute approximate surface area is 131 Å². The first-order valence-electron chi connectivity index (χ1n) is 6.69. The van der Waals surface area contributed by atoms with E-state index in [0.717, 1.165) is 5.56 Å². The van der Waals surface area contributed by atoms with Crippen molar-refractivity contribution in [2.75, 3.05) is 11.9 Å². The third-order valence-corrected chi connectivity index (χ3v) is 2.65. The van der Waals surface area contributed by atoms with Crippen molar-refractivity contribution in [3.63, 3.8) is 0 Å². The Morgan fingerprint density at radius 3 is 2.57 bits per heavy atom. The number of carbonyl (C=O) groups excluding carboxylic acids is 1. The maximum Gasteiger partial charge on any atom is 0.387 e. The Morgan fingerprint density at radius 1 is 1.13 bits per heavy atom. The number of ether oxygens (including phenoxy) is 1. The Morgan fingerprint density at radius 2 is 1.83 bits per heavy atom. The van der Waals surface area contributed by atoms with E-state index in [4.69, 9.17) is 4.84 Å². The van der Waals surface area contributed by atoms with Gasteiger partial charge in [-0.1, -0.05) is 47.6 Å². The summed E-state index contributed by atoms with van der Waals surface area (Å²) in [5, 5.41) is 6.08. The lowest BCUT2D eigenvalue weighted by atomic mass is 10.2. The standard InChI is InChI=1S/C16H14F2N2O3/c17-16(18)23-14-9-5-4-8-13(14)20-15(21)11-22-19-10-12-6-2-1-3-7-12/h1-10,16H,11H2,(H,20,21)/b19-10-. The smallest absolute Gasteiger partial charge is 0.387 e. The Kier molecular flexibility index (Phi) is 6.05. The van der Waals surface area contributed by atoms with Crippen molar-refractivity contribution in [1.82, 2.24) is 0 Å². The predicted octanol–water partition coefficient (Wildman–Crippen LogP) is 3.28. The third kappa shape index (κ3) is 5.74. The number of nitrogens with one attached hydrogen (secondary N) is 1. The molecule has 2 rings (SSSR count). The zero-order valence-electron chi connectivity index (χ0n) is 12.0. The van der Waals surface area contributed by atoms with Gasteiger partial charge in [-0.25, -0.2) is 0 Å². The monoisotopic (exact) mass is 320 g/mol. The summed E-state index contributed by atoms with van der Waals surface area (Å²) >= 11 is 0. The lowest BCUT2D eigenvalue weighted by molar-refractivity contribution is -0.120. The van der Waals surface area contributed by atoms with Gasteiger partial charge in [-0.2, -0.15) is 8.78 Å². The Balaban J connectivity index is 1.84. The molecule has 0 aliphatic carbocycles. The van der Waals surface area contributed by atoms with E-state index in [1.807, 2.05) is 30.3 Å². The summed E-state index contributed by atoms with van der Waals surface area (Å²) in [6.45, 7) is -3.33. The van der Waals surface area contributed by atoms with Crippen molar-refractivity contribution in [2.24, 2.45) is 5.16 Å². The van der Waals surface area contributed by atoms with Crippen molar-refractivity contribution in [3.8, 4) is 5.75 Å². The minimum absolute atomic E-state index is 0.122. The van der Waals surface area contributed by atoms with Crippen LogP contribution >= 0.6 is 0 Å². The van der Waals surface area contributed by atoms with E-state index in [2.05, 4.69) is 15.2 Å². The summed E-state index contributed by atoms with van der Waals surface area (Å²) < 4.78 is 28.8. The van der Waals surface area contributed by atoms with Crippen LogP contribution in [0.1, 0.15) is 5.56 Å². The quantitative estimate of drug-likeness (QED) is 0.629. The van der Waals surface area contributed by atoms with Gasteiger partial charge in [0.2, 0.25) is 0 Å². The molecule has 0 bridgehead atoms. The van der Waals surface area contributed by atoms with Crippen LogP contribution in [0.5, 0.6) is 5.75 Å². The average molecular weight is 320 g/mol. The molecule has 2 aromatic carbocycles. The first-order chi connectivity index (χ1) is 11.1. The molecule has 120 valence electrons. The molecule has 7 heteroatoms. The van der Waals surface area contributed by atoms with Crippen molar-refractivity contribution in [1.29, 1.82) is 0 Å². The van der Waals surface area contributed by atoms with Crippen LogP contribution in [0.15, 0.2) is 59.8 Å². The van der Waals surface area contributed by atoms with E-state index in [0.29, 0.717) is 0 Å². The van der Waals surface area contributed by atoms with Crippen LogP contribution in [0.2, 0.25) is 0 Å². The molecule has 0 saturated heterocycles. The predicted molar refractivity (Wildman–Crippen MR) is 81.7 cm³/mol. The fraction of sp³-hybridized carbons (Fsp3) is 0.125. The van der Waals surface area contributed by atoms with Crippen LogP contribution in [0.3, 0.4) is 0 Å². The van der Waals surface area contributed by atoms with E-state index in [9.17, 15) is 13.6 Å². The maximum absolute atomic E-state index is 12.3. The molecule has 0 unspecified atom stereocenters. The van der Waals surface area contributed by atoms with Crippen molar-refractivity contribution in [3.05, 3.63) is 60.2 Å². The fourth-order valence-corrected chi connectivity index (χ4v) is 1.69. The summed E-state index contributed by atoms with van der Waals surface area (Å²) in [6, 6.07) is 15.1. The molecule has 2 aromatic rings. The molecule has 0 saturated carbocycles. The van der Waals surface area contributed by atoms with E-state index in [-0.39, 0.29) is 18.0 Å². The van der Waals surface area contributed by atoms with Gasteiger partial charge >= 0.3 is 6.61 Å². The molecule has 1 amide bonds. The fourth-order valence-electron chi connectivity index (χ4n) is 1.69. The van der Waals surface area contributed by atoms with E-state index >= 15 is 0 Å². The Bertz CT molecular complexity index is 663. The number of oxime groups is 1. The molecule has 23 heavy (non-hydrogen) atoms. The highest BCUT2D eigenvalue weighted by Crippen LogP contribution is 2.25. The molecule has 0 heterocycles. The second-order valence-electron chi connectivity index (χ2n) is 4.34. The number of halogens is 2. The number of nitrogens with zero attached hydrogens (tertiary/aromatic N) is 1. The van der Waals surface area contributed by atoms with Crippen LogP contribution in [0.25, 0.3) is 0 Å². The highest BCUT2D eigenvalue weighted by Gasteiger charge is 2.11. The number of amides is 1. The number of alkyl halides is 2. The molecule has 0 spiro atoms. The van der Waals surface area contributed by atoms with Crippen LogP contribution in [0.4, 0.5) is 14.5 Å². The largest absolute Gasteiger partial charge is 0.433 e. The van der Waals surface area contributed by atoms with Crippen LogP contribution in [-0.2, 0) is 9.63 Å². The first kappa shape index (κ1) is 16.4. The summed E-state index contributed by atoms with van der Waals surface area (Å²) in [4.78, 5) is 16.6. The second kappa shape index (κ2) is 8.47. The van der Waals surface area contributed by atoms with Gasteiger partial charge in [-0.05, 0) is 17.7 Å². The van der Waals surface area contributed by atoms with Crippen LogP contribution < -0.4 is 10.1 Å². The van der Waals surface area contributed by atoms with Crippen molar-refractivity contribution < 1.29 is 23.1 Å². The zero-order chi connectivity index (χ0) is 16.5.